The molecule has 0 aliphatic carbocycles. The molecule has 0 saturated heterocycles. The molecule has 1 aromatic carbocycles. The minimum absolute atomic E-state index is 0.738. The minimum atomic E-state index is 0.738. The number of nitrogens with zero attached hydrogens (tertiary/aromatic N) is 1. The Kier molecular flexibility index (Phi) is 1.37. The number of hydrogen-bond donors (Lipinski definition) is 2. The van der Waals surface area contributed by atoms with Crippen molar-refractivity contribution < 1.29 is 0 Å². The van der Waals surface area contributed by atoms with E-state index in [2.05, 4.69) is 16.5 Å². The van der Waals surface area contributed by atoms with Crippen molar-refractivity contribution in [2.75, 3.05) is 5.73 Å². The molecule has 1 heterocycles. The zero-order valence-corrected chi connectivity index (χ0v) is 6.54. The van der Waals surface area contributed by atoms with Crippen LogP contribution in [0.2, 0.25) is 0 Å². The SMILES string of the molecule is C=Cc1nc2ccc(N)cc2[nH]1. The van der Waals surface area contributed by atoms with Crippen molar-refractivity contribution in [3.63, 3.8) is 0 Å². The third-order valence-electron chi connectivity index (χ3n) is 1.72. The number of H-pyrrole nitrogens is 1. The number of nitrogens with two attached hydrogens (primary N) is 1. The second kappa shape index (κ2) is 2.37. The summed E-state index contributed by atoms with van der Waals surface area (Å²) in [6.45, 7) is 3.62. The van der Waals surface area contributed by atoms with Crippen LogP contribution < -0.4 is 5.73 Å². The number of aromatic nitrogens is 2. The summed E-state index contributed by atoms with van der Waals surface area (Å²) < 4.78 is 0. The first-order valence-corrected chi connectivity index (χ1v) is 3.67. The molecule has 0 unspecified atom stereocenters. The maximum atomic E-state index is 5.60. The first-order chi connectivity index (χ1) is 5.79. The molecule has 1 aromatic heterocycles. The highest BCUT2D eigenvalue weighted by molar-refractivity contribution is 5.79. The number of imidazole rings is 1. The minimum Gasteiger partial charge on any atom is -0.399 e. The van der Waals surface area contributed by atoms with Crippen LogP contribution in [0.4, 0.5) is 5.69 Å². The standard InChI is InChI=1S/C9H9N3/c1-2-9-11-7-4-3-6(10)5-8(7)12-9/h2-5H,1,10H2,(H,11,12). The van der Waals surface area contributed by atoms with E-state index in [1.807, 2.05) is 18.2 Å². The van der Waals surface area contributed by atoms with E-state index in [1.165, 1.54) is 0 Å². The number of fused-ring (bicyclic) bond motifs is 1. The van der Waals surface area contributed by atoms with E-state index in [0.717, 1.165) is 22.5 Å². The fourth-order valence-corrected chi connectivity index (χ4v) is 1.14. The molecule has 0 saturated carbocycles. The van der Waals surface area contributed by atoms with Gasteiger partial charge in [0.15, 0.2) is 0 Å². The molecule has 0 aliphatic heterocycles. The lowest BCUT2D eigenvalue weighted by atomic mass is 10.3. The van der Waals surface area contributed by atoms with E-state index < -0.39 is 0 Å². The smallest absolute Gasteiger partial charge is 0.130 e. The molecule has 3 nitrogen and oxygen atoms in total. The van der Waals surface area contributed by atoms with Crippen LogP contribution in [0.1, 0.15) is 5.82 Å². The lowest BCUT2D eigenvalue weighted by Gasteiger charge is -1.89. The molecule has 2 aromatic rings. The summed E-state index contributed by atoms with van der Waals surface area (Å²) in [5, 5.41) is 0. The lowest BCUT2D eigenvalue weighted by Crippen LogP contribution is -1.82. The summed E-state index contributed by atoms with van der Waals surface area (Å²) in [6, 6.07) is 5.57. The first-order valence-electron chi connectivity index (χ1n) is 3.67. The maximum absolute atomic E-state index is 5.60. The predicted molar refractivity (Wildman–Crippen MR) is 50.6 cm³/mol. The van der Waals surface area contributed by atoms with Gasteiger partial charge in [0.25, 0.3) is 0 Å². The number of nitrogens with one attached hydrogen (secondary N) is 1. The quantitative estimate of drug-likeness (QED) is 0.623. The summed E-state index contributed by atoms with van der Waals surface area (Å²) in [6.07, 6.45) is 1.68. The van der Waals surface area contributed by atoms with E-state index in [1.54, 1.807) is 6.08 Å². The fourth-order valence-electron chi connectivity index (χ4n) is 1.14. The maximum Gasteiger partial charge on any atom is 0.130 e. The van der Waals surface area contributed by atoms with Crippen molar-refractivity contribution in [2.45, 2.75) is 0 Å². The number of aromatic amines is 1. The Morgan fingerprint density at radius 3 is 3.08 bits per heavy atom. The lowest BCUT2D eigenvalue weighted by molar-refractivity contribution is 1.29. The van der Waals surface area contributed by atoms with Gasteiger partial charge < -0.3 is 10.7 Å². The van der Waals surface area contributed by atoms with E-state index in [9.17, 15) is 0 Å². The van der Waals surface area contributed by atoms with Crippen molar-refractivity contribution in [1.29, 1.82) is 0 Å². The first kappa shape index (κ1) is 6.91. The van der Waals surface area contributed by atoms with Gasteiger partial charge in [-0.3, -0.25) is 0 Å². The molecular weight excluding hydrogens is 150 g/mol. The summed E-state index contributed by atoms with van der Waals surface area (Å²) in [4.78, 5) is 7.32. The second-order valence-electron chi connectivity index (χ2n) is 2.60. The monoisotopic (exact) mass is 159 g/mol. The van der Waals surface area contributed by atoms with Gasteiger partial charge in [-0.15, -0.1) is 0 Å². The molecule has 0 spiro atoms. The average Bonchev–Trinajstić information content (AvgIpc) is 2.46. The van der Waals surface area contributed by atoms with Crippen LogP contribution in [0.15, 0.2) is 24.8 Å². The molecule has 60 valence electrons. The third kappa shape index (κ3) is 0.955. The van der Waals surface area contributed by atoms with Crippen LogP contribution in [0, 0.1) is 0 Å². The summed E-state index contributed by atoms with van der Waals surface area (Å²) in [5.41, 5.74) is 8.20. The molecule has 12 heavy (non-hydrogen) atoms. The van der Waals surface area contributed by atoms with Gasteiger partial charge in [-0.25, -0.2) is 4.98 Å². The molecule has 2 rings (SSSR count). The highest BCUT2D eigenvalue weighted by atomic mass is 14.9. The van der Waals surface area contributed by atoms with E-state index >= 15 is 0 Å². The zero-order chi connectivity index (χ0) is 8.55. The van der Waals surface area contributed by atoms with Gasteiger partial charge in [-0.05, 0) is 24.3 Å². The van der Waals surface area contributed by atoms with Crippen LogP contribution in [0.5, 0.6) is 0 Å². The Labute approximate surface area is 69.9 Å². The predicted octanol–water partition coefficient (Wildman–Crippen LogP) is 1.79. The number of hydrogen-bond acceptors (Lipinski definition) is 2. The summed E-state index contributed by atoms with van der Waals surface area (Å²) in [7, 11) is 0. The van der Waals surface area contributed by atoms with Crippen LogP contribution in [-0.2, 0) is 0 Å². The van der Waals surface area contributed by atoms with Crippen molar-refractivity contribution in [2.24, 2.45) is 0 Å². The molecule has 0 fully saturated rings. The van der Waals surface area contributed by atoms with Gasteiger partial charge in [0, 0.05) is 5.69 Å². The summed E-state index contributed by atoms with van der Waals surface area (Å²) >= 11 is 0. The van der Waals surface area contributed by atoms with Gasteiger partial charge in [0.2, 0.25) is 0 Å². The average molecular weight is 159 g/mol. The molecule has 0 bridgehead atoms. The van der Waals surface area contributed by atoms with Gasteiger partial charge in [-0.1, -0.05) is 6.58 Å². The van der Waals surface area contributed by atoms with E-state index in [4.69, 9.17) is 5.73 Å². The van der Waals surface area contributed by atoms with Crippen molar-refractivity contribution in [3.8, 4) is 0 Å². The molecule has 3 N–H and O–H groups in total. The number of nitrogen functional groups attached to an aromatic ring is 1. The van der Waals surface area contributed by atoms with Crippen molar-refractivity contribution in [1.82, 2.24) is 9.97 Å². The van der Waals surface area contributed by atoms with Crippen LogP contribution in [0.25, 0.3) is 17.1 Å². The molecule has 3 heteroatoms. The number of rotatable bonds is 1. The highest BCUT2D eigenvalue weighted by Crippen LogP contribution is 2.14. The summed E-state index contributed by atoms with van der Waals surface area (Å²) in [5.74, 6) is 0.774. The Morgan fingerprint density at radius 1 is 1.50 bits per heavy atom. The Morgan fingerprint density at radius 2 is 2.33 bits per heavy atom. The van der Waals surface area contributed by atoms with Crippen LogP contribution >= 0.6 is 0 Å². The largest absolute Gasteiger partial charge is 0.399 e. The molecule has 0 atom stereocenters. The Hall–Kier alpha value is -1.77. The molecule has 0 amide bonds. The number of anilines is 1. The van der Waals surface area contributed by atoms with Crippen LogP contribution in [-0.4, -0.2) is 9.97 Å². The van der Waals surface area contributed by atoms with Crippen molar-refractivity contribution >= 4 is 22.8 Å². The topological polar surface area (TPSA) is 54.7 Å². The van der Waals surface area contributed by atoms with Crippen LogP contribution in [0.3, 0.4) is 0 Å². The highest BCUT2D eigenvalue weighted by Gasteiger charge is 1.98. The normalized spacial score (nSPS) is 10.3. The van der Waals surface area contributed by atoms with E-state index in [-0.39, 0.29) is 0 Å². The Bertz CT molecular complexity index is 428. The fraction of sp³-hybridized carbons (Fsp3) is 0. The molecule has 0 aliphatic rings. The molecule has 0 radical (unpaired) electrons. The third-order valence-corrected chi connectivity index (χ3v) is 1.72. The van der Waals surface area contributed by atoms with Gasteiger partial charge in [0.1, 0.15) is 5.82 Å². The second-order valence-corrected chi connectivity index (χ2v) is 2.60. The number of benzene rings is 1. The Balaban J connectivity index is 2.75. The van der Waals surface area contributed by atoms with E-state index in [0.29, 0.717) is 0 Å². The zero-order valence-electron chi connectivity index (χ0n) is 6.54. The van der Waals surface area contributed by atoms with Gasteiger partial charge >= 0.3 is 0 Å². The van der Waals surface area contributed by atoms with Crippen molar-refractivity contribution in [3.05, 3.63) is 30.6 Å². The van der Waals surface area contributed by atoms with Gasteiger partial charge in [0.05, 0.1) is 11.0 Å². The molecular formula is C9H9N3. The van der Waals surface area contributed by atoms with Gasteiger partial charge in [-0.2, -0.15) is 0 Å².